The number of hydrogen-bond acceptors (Lipinski definition) is 4. The maximum absolute atomic E-state index is 5.52. The van der Waals surface area contributed by atoms with Crippen molar-refractivity contribution >= 4 is 11.6 Å². The van der Waals surface area contributed by atoms with E-state index >= 15 is 0 Å². The van der Waals surface area contributed by atoms with Gasteiger partial charge in [0.25, 0.3) is 0 Å². The van der Waals surface area contributed by atoms with Crippen molar-refractivity contribution in [2.24, 2.45) is 4.99 Å². The predicted octanol–water partition coefficient (Wildman–Crippen LogP) is 2.72. The number of aliphatic imine (C=N–C) groups is 1. The Bertz CT molecular complexity index is 659. The molecular formula is C18H24N4O2. The minimum atomic E-state index is 0.597. The first-order chi connectivity index (χ1) is 11.8. The zero-order valence-corrected chi connectivity index (χ0v) is 14.4. The number of guanidine groups is 1. The summed E-state index contributed by atoms with van der Waals surface area (Å²) in [5, 5.41) is 6.51. The molecule has 0 unspecified atom stereocenters. The maximum atomic E-state index is 5.52. The minimum Gasteiger partial charge on any atom is -0.493 e. The largest absolute Gasteiger partial charge is 0.493 e. The summed E-state index contributed by atoms with van der Waals surface area (Å²) in [4.78, 5) is 8.54. The molecule has 0 radical (unpaired) electrons. The van der Waals surface area contributed by atoms with Crippen LogP contribution in [-0.2, 0) is 6.42 Å². The molecule has 0 aliphatic heterocycles. The van der Waals surface area contributed by atoms with Crippen molar-refractivity contribution < 1.29 is 9.47 Å². The van der Waals surface area contributed by atoms with E-state index in [-0.39, 0.29) is 0 Å². The number of methoxy groups -OCH3 is 1. The van der Waals surface area contributed by atoms with Crippen LogP contribution in [0, 0.1) is 0 Å². The molecular weight excluding hydrogens is 304 g/mol. The third-order valence-electron chi connectivity index (χ3n) is 3.35. The Kier molecular flexibility index (Phi) is 6.89. The smallest absolute Gasteiger partial charge is 0.195 e. The molecule has 0 spiro atoms. The van der Waals surface area contributed by atoms with Crippen molar-refractivity contribution in [3.8, 4) is 11.5 Å². The molecule has 0 bridgehead atoms. The van der Waals surface area contributed by atoms with Gasteiger partial charge in [-0.05, 0) is 31.2 Å². The summed E-state index contributed by atoms with van der Waals surface area (Å²) in [5.74, 6) is 2.10. The standard InChI is InChI=1S/C18H24N4O2/c1-4-24-16-9-8-15(13-17(16)23-3)22-18(19-2)21-12-10-14-7-5-6-11-20-14/h5-9,11,13H,4,10,12H2,1-3H3,(H2,19,21,22). The third-order valence-corrected chi connectivity index (χ3v) is 3.35. The normalized spacial score (nSPS) is 11.0. The summed E-state index contributed by atoms with van der Waals surface area (Å²) in [5.41, 5.74) is 1.92. The fraction of sp³-hybridized carbons (Fsp3) is 0.333. The number of pyridine rings is 1. The van der Waals surface area contributed by atoms with Gasteiger partial charge in [0, 0.05) is 43.7 Å². The lowest BCUT2D eigenvalue weighted by Gasteiger charge is -2.14. The Morgan fingerprint density at radius 1 is 1.21 bits per heavy atom. The Hall–Kier alpha value is -2.76. The molecule has 0 fully saturated rings. The first kappa shape index (κ1) is 17.6. The van der Waals surface area contributed by atoms with E-state index in [4.69, 9.17) is 9.47 Å². The van der Waals surface area contributed by atoms with E-state index in [1.165, 1.54) is 0 Å². The Morgan fingerprint density at radius 2 is 2.08 bits per heavy atom. The summed E-state index contributed by atoms with van der Waals surface area (Å²) < 4.78 is 10.9. The van der Waals surface area contributed by atoms with E-state index in [1.54, 1.807) is 20.4 Å². The Balaban J connectivity index is 1.92. The first-order valence-corrected chi connectivity index (χ1v) is 7.95. The van der Waals surface area contributed by atoms with Crippen LogP contribution >= 0.6 is 0 Å². The molecule has 0 aliphatic rings. The quantitative estimate of drug-likeness (QED) is 0.604. The van der Waals surface area contributed by atoms with Gasteiger partial charge in [0.2, 0.25) is 0 Å². The van der Waals surface area contributed by atoms with Crippen molar-refractivity contribution in [2.75, 3.05) is 32.6 Å². The van der Waals surface area contributed by atoms with Gasteiger partial charge in [0.1, 0.15) is 0 Å². The molecule has 6 heteroatoms. The highest BCUT2D eigenvalue weighted by Crippen LogP contribution is 2.30. The highest BCUT2D eigenvalue weighted by Gasteiger charge is 2.06. The Labute approximate surface area is 142 Å². The number of nitrogens with zero attached hydrogens (tertiary/aromatic N) is 2. The lowest BCUT2D eigenvalue weighted by atomic mass is 10.2. The summed E-state index contributed by atoms with van der Waals surface area (Å²) >= 11 is 0. The molecule has 2 rings (SSSR count). The van der Waals surface area contributed by atoms with Crippen LogP contribution in [0.4, 0.5) is 5.69 Å². The summed E-state index contributed by atoms with van der Waals surface area (Å²) in [6.45, 7) is 3.28. The summed E-state index contributed by atoms with van der Waals surface area (Å²) in [6.07, 6.45) is 2.63. The van der Waals surface area contributed by atoms with E-state index in [2.05, 4.69) is 20.6 Å². The second kappa shape index (κ2) is 9.39. The van der Waals surface area contributed by atoms with Gasteiger partial charge in [0.15, 0.2) is 17.5 Å². The van der Waals surface area contributed by atoms with Gasteiger partial charge >= 0.3 is 0 Å². The molecule has 0 amide bonds. The molecule has 2 aromatic rings. The molecule has 0 saturated carbocycles. The molecule has 1 aromatic heterocycles. The third kappa shape index (κ3) is 5.15. The summed E-state index contributed by atoms with van der Waals surface area (Å²) in [6, 6.07) is 11.6. The van der Waals surface area contributed by atoms with Crippen LogP contribution in [0.5, 0.6) is 11.5 Å². The highest BCUT2D eigenvalue weighted by molar-refractivity contribution is 5.93. The van der Waals surface area contributed by atoms with Gasteiger partial charge in [-0.25, -0.2) is 0 Å². The molecule has 0 atom stereocenters. The number of aromatic nitrogens is 1. The van der Waals surface area contributed by atoms with Gasteiger partial charge in [-0.2, -0.15) is 0 Å². The van der Waals surface area contributed by atoms with Crippen molar-refractivity contribution in [3.05, 3.63) is 48.3 Å². The number of anilines is 1. The fourth-order valence-electron chi connectivity index (χ4n) is 2.19. The van der Waals surface area contributed by atoms with E-state index < -0.39 is 0 Å². The molecule has 24 heavy (non-hydrogen) atoms. The van der Waals surface area contributed by atoms with Crippen LogP contribution in [0.3, 0.4) is 0 Å². The van der Waals surface area contributed by atoms with Gasteiger partial charge in [-0.3, -0.25) is 9.98 Å². The SMILES string of the molecule is CCOc1ccc(NC(=NC)NCCc2ccccn2)cc1OC. The number of nitrogens with one attached hydrogen (secondary N) is 2. The van der Waals surface area contributed by atoms with Crippen molar-refractivity contribution in [1.82, 2.24) is 10.3 Å². The Morgan fingerprint density at radius 3 is 2.75 bits per heavy atom. The highest BCUT2D eigenvalue weighted by atomic mass is 16.5. The zero-order valence-electron chi connectivity index (χ0n) is 14.4. The number of ether oxygens (including phenoxy) is 2. The second-order valence-electron chi connectivity index (χ2n) is 4.99. The first-order valence-electron chi connectivity index (χ1n) is 7.95. The van der Waals surface area contributed by atoms with E-state index in [0.717, 1.165) is 30.1 Å². The monoisotopic (exact) mass is 328 g/mol. The van der Waals surface area contributed by atoms with Crippen LogP contribution < -0.4 is 20.1 Å². The van der Waals surface area contributed by atoms with Crippen molar-refractivity contribution in [1.29, 1.82) is 0 Å². The topological polar surface area (TPSA) is 67.8 Å². The lowest BCUT2D eigenvalue weighted by Crippen LogP contribution is -2.32. The van der Waals surface area contributed by atoms with Crippen molar-refractivity contribution in [2.45, 2.75) is 13.3 Å². The average molecular weight is 328 g/mol. The molecule has 0 aliphatic carbocycles. The number of benzene rings is 1. The predicted molar refractivity (Wildman–Crippen MR) is 97.1 cm³/mol. The maximum Gasteiger partial charge on any atom is 0.195 e. The van der Waals surface area contributed by atoms with E-state index in [9.17, 15) is 0 Å². The molecule has 1 aromatic carbocycles. The minimum absolute atomic E-state index is 0.597. The molecule has 2 N–H and O–H groups in total. The van der Waals surface area contributed by atoms with E-state index in [1.807, 2.05) is 43.3 Å². The van der Waals surface area contributed by atoms with Crippen LogP contribution in [0.15, 0.2) is 47.6 Å². The van der Waals surface area contributed by atoms with Gasteiger partial charge in [-0.1, -0.05) is 6.07 Å². The molecule has 1 heterocycles. The van der Waals surface area contributed by atoms with Gasteiger partial charge in [-0.15, -0.1) is 0 Å². The second-order valence-corrected chi connectivity index (χ2v) is 4.99. The molecule has 128 valence electrons. The lowest BCUT2D eigenvalue weighted by molar-refractivity contribution is 0.311. The average Bonchev–Trinajstić information content (AvgIpc) is 2.63. The number of hydrogen-bond donors (Lipinski definition) is 2. The summed E-state index contributed by atoms with van der Waals surface area (Å²) in [7, 11) is 3.36. The van der Waals surface area contributed by atoms with E-state index in [0.29, 0.717) is 18.3 Å². The molecule has 0 saturated heterocycles. The van der Waals surface area contributed by atoms with Gasteiger partial charge in [0.05, 0.1) is 13.7 Å². The molecule has 6 nitrogen and oxygen atoms in total. The van der Waals surface area contributed by atoms with Crippen LogP contribution in [0.25, 0.3) is 0 Å². The van der Waals surface area contributed by atoms with Crippen molar-refractivity contribution in [3.63, 3.8) is 0 Å². The van der Waals surface area contributed by atoms with Crippen LogP contribution in [0.1, 0.15) is 12.6 Å². The van der Waals surface area contributed by atoms with Crippen LogP contribution in [-0.4, -0.2) is 38.3 Å². The van der Waals surface area contributed by atoms with Crippen LogP contribution in [0.2, 0.25) is 0 Å². The number of rotatable bonds is 7. The fourth-order valence-corrected chi connectivity index (χ4v) is 2.19. The van der Waals surface area contributed by atoms with Gasteiger partial charge < -0.3 is 20.1 Å². The zero-order chi connectivity index (χ0) is 17.2.